The second kappa shape index (κ2) is 4.90. The number of halogens is 1. The van der Waals surface area contributed by atoms with Gasteiger partial charge in [0.1, 0.15) is 11.4 Å². The second-order valence-electron chi connectivity index (χ2n) is 4.50. The van der Waals surface area contributed by atoms with Crippen LogP contribution in [0.2, 0.25) is 0 Å². The highest BCUT2D eigenvalue weighted by Gasteiger charge is 2.42. The van der Waals surface area contributed by atoms with Crippen molar-refractivity contribution in [3.63, 3.8) is 0 Å². The van der Waals surface area contributed by atoms with Crippen molar-refractivity contribution < 1.29 is 4.74 Å². The van der Waals surface area contributed by atoms with Crippen LogP contribution in [0.1, 0.15) is 44.1 Å². The van der Waals surface area contributed by atoms with Crippen molar-refractivity contribution in [3.05, 3.63) is 16.0 Å². The summed E-state index contributed by atoms with van der Waals surface area (Å²) < 4.78 is 6.42. The number of nitrogen functional groups attached to an aromatic ring is 1. The zero-order valence-corrected chi connectivity index (χ0v) is 11.9. The molecule has 0 aromatic carbocycles. The molecule has 0 atom stereocenters. The molecule has 1 heterocycles. The number of hydrogen-bond donors (Lipinski definition) is 1. The van der Waals surface area contributed by atoms with Gasteiger partial charge in [-0.2, -0.15) is 0 Å². The van der Waals surface area contributed by atoms with Crippen LogP contribution in [0.5, 0.6) is 0 Å². The van der Waals surface area contributed by atoms with Gasteiger partial charge in [0.05, 0.1) is 10.2 Å². The molecular weight excluding hydrogens is 282 g/mol. The molecule has 0 spiro atoms. The fourth-order valence-corrected chi connectivity index (χ4v) is 2.51. The average Bonchev–Trinajstić information content (AvgIpc) is 2.24. The zero-order chi connectivity index (χ0) is 12.5. The lowest BCUT2D eigenvalue weighted by Gasteiger charge is -2.39. The summed E-state index contributed by atoms with van der Waals surface area (Å²) in [4.78, 5) is 9.00. The predicted octanol–water partition coefficient (Wildman–Crippen LogP) is 2.80. The van der Waals surface area contributed by atoms with Crippen LogP contribution in [0.4, 0.5) is 5.82 Å². The van der Waals surface area contributed by atoms with Crippen molar-refractivity contribution in [2.24, 2.45) is 0 Å². The Labute approximate surface area is 110 Å². The smallest absolute Gasteiger partial charge is 0.162 e. The molecule has 94 valence electrons. The van der Waals surface area contributed by atoms with E-state index in [0.29, 0.717) is 5.82 Å². The molecule has 0 aliphatic heterocycles. The predicted molar refractivity (Wildman–Crippen MR) is 70.7 cm³/mol. The number of nitrogens with two attached hydrogens (primary N) is 1. The SMILES string of the molecule is CCCc1nc(C2(OC)CCC2)nc(N)c1Br. The summed E-state index contributed by atoms with van der Waals surface area (Å²) in [6.07, 6.45) is 5.07. The monoisotopic (exact) mass is 299 g/mol. The minimum atomic E-state index is -0.294. The van der Waals surface area contributed by atoms with Gasteiger partial charge in [-0.3, -0.25) is 0 Å². The minimum absolute atomic E-state index is 0.294. The summed E-state index contributed by atoms with van der Waals surface area (Å²) in [5, 5.41) is 0. The van der Waals surface area contributed by atoms with Gasteiger partial charge >= 0.3 is 0 Å². The van der Waals surface area contributed by atoms with E-state index in [2.05, 4.69) is 32.8 Å². The summed E-state index contributed by atoms with van der Waals surface area (Å²) in [6.45, 7) is 2.12. The fourth-order valence-electron chi connectivity index (χ4n) is 2.14. The summed E-state index contributed by atoms with van der Waals surface area (Å²) in [5.74, 6) is 1.26. The third kappa shape index (κ3) is 2.18. The van der Waals surface area contributed by atoms with Crippen LogP contribution >= 0.6 is 15.9 Å². The second-order valence-corrected chi connectivity index (χ2v) is 5.29. The normalized spacial score (nSPS) is 17.8. The quantitative estimate of drug-likeness (QED) is 0.929. The Morgan fingerprint density at radius 3 is 2.59 bits per heavy atom. The molecule has 1 aliphatic carbocycles. The lowest BCUT2D eigenvalue weighted by Crippen LogP contribution is -2.38. The van der Waals surface area contributed by atoms with Gasteiger partial charge in [-0.15, -0.1) is 0 Å². The molecule has 1 aromatic rings. The Hall–Kier alpha value is -0.680. The van der Waals surface area contributed by atoms with Gasteiger partial charge in [0.15, 0.2) is 5.82 Å². The highest BCUT2D eigenvalue weighted by molar-refractivity contribution is 9.10. The van der Waals surface area contributed by atoms with Gasteiger partial charge in [-0.1, -0.05) is 13.3 Å². The Bertz CT molecular complexity index is 413. The first-order chi connectivity index (χ1) is 8.13. The highest BCUT2D eigenvalue weighted by atomic mass is 79.9. The molecule has 2 rings (SSSR count). The largest absolute Gasteiger partial charge is 0.383 e. The number of aryl methyl sites for hydroxylation is 1. The molecule has 1 saturated carbocycles. The number of ether oxygens (including phenoxy) is 1. The van der Waals surface area contributed by atoms with E-state index in [1.807, 2.05) is 0 Å². The van der Waals surface area contributed by atoms with E-state index in [-0.39, 0.29) is 5.60 Å². The standard InChI is InChI=1S/C12H18BrN3O/c1-3-5-8-9(13)10(14)16-11(15-8)12(17-2)6-4-7-12/h3-7H2,1-2H3,(H2,14,15,16). The van der Waals surface area contributed by atoms with Crippen molar-refractivity contribution in [1.82, 2.24) is 9.97 Å². The van der Waals surface area contributed by atoms with Crippen LogP contribution in [-0.2, 0) is 16.8 Å². The van der Waals surface area contributed by atoms with E-state index in [9.17, 15) is 0 Å². The van der Waals surface area contributed by atoms with Gasteiger partial charge < -0.3 is 10.5 Å². The third-order valence-corrected chi connectivity index (χ3v) is 4.26. The maximum Gasteiger partial charge on any atom is 0.162 e. The molecule has 1 aromatic heterocycles. The maximum atomic E-state index is 5.93. The maximum absolute atomic E-state index is 5.93. The van der Waals surface area contributed by atoms with E-state index < -0.39 is 0 Å². The molecule has 17 heavy (non-hydrogen) atoms. The van der Waals surface area contributed by atoms with Crippen LogP contribution in [0, 0.1) is 0 Å². The zero-order valence-electron chi connectivity index (χ0n) is 10.3. The highest BCUT2D eigenvalue weighted by Crippen LogP contribution is 2.43. The number of methoxy groups -OCH3 is 1. The van der Waals surface area contributed by atoms with Crippen molar-refractivity contribution >= 4 is 21.7 Å². The fraction of sp³-hybridized carbons (Fsp3) is 0.667. The van der Waals surface area contributed by atoms with Crippen LogP contribution in [0.25, 0.3) is 0 Å². The molecule has 0 radical (unpaired) electrons. The summed E-state index contributed by atoms with van der Waals surface area (Å²) in [5.41, 5.74) is 6.62. The van der Waals surface area contributed by atoms with E-state index >= 15 is 0 Å². The lowest BCUT2D eigenvalue weighted by molar-refractivity contribution is -0.0847. The van der Waals surface area contributed by atoms with Crippen LogP contribution in [0.15, 0.2) is 4.47 Å². The molecule has 0 bridgehead atoms. The van der Waals surface area contributed by atoms with Crippen molar-refractivity contribution in [2.45, 2.75) is 44.6 Å². The molecule has 0 unspecified atom stereocenters. The molecule has 4 nitrogen and oxygen atoms in total. The number of aromatic nitrogens is 2. The first-order valence-corrected chi connectivity index (χ1v) is 6.80. The number of anilines is 1. The van der Waals surface area contributed by atoms with E-state index in [4.69, 9.17) is 10.5 Å². The van der Waals surface area contributed by atoms with Gasteiger partial charge in [0, 0.05) is 7.11 Å². The van der Waals surface area contributed by atoms with Crippen molar-refractivity contribution in [2.75, 3.05) is 12.8 Å². The van der Waals surface area contributed by atoms with E-state index in [0.717, 1.165) is 48.1 Å². The van der Waals surface area contributed by atoms with E-state index in [1.165, 1.54) is 0 Å². The van der Waals surface area contributed by atoms with Crippen molar-refractivity contribution in [1.29, 1.82) is 0 Å². The summed E-state index contributed by atoms with van der Waals surface area (Å²) >= 11 is 3.45. The molecule has 2 N–H and O–H groups in total. The molecule has 1 fully saturated rings. The first-order valence-electron chi connectivity index (χ1n) is 6.00. The van der Waals surface area contributed by atoms with Crippen molar-refractivity contribution in [3.8, 4) is 0 Å². The summed E-state index contributed by atoms with van der Waals surface area (Å²) in [7, 11) is 1.72. The Balaban J connectivity index is 2.41. The Morgan fingerprint density at radius 1 is 1.41 bits per heavy atom. The molecule has 0 saturated heterocycles. The van der Waals surface area contributed by atoms with Gasteiger partial charge in [-0.25, -0.2) is 9.97 Å². The molecule has 0 amide bonds. The van der Waals surface area contributed by atoms with E-state index in [1.54, 1.807) is 7.11 Å². The number of hydrogen-bond acceptors (Lipinski definition) is 4. The first kappa shape index (κ1) is 12.8. The molecular formula is C12H18BrN3O. The Morgan fingerprint density at radius 2 is 2.12 bits per heavy atom. The van der Waals surface area contributed by atoms with Crippen LogP contribution in [-0.4, -0.2) is 17.1 Å². The molecule has 5 heteroatoms. The minimum Gasteiger partial charge on any atom is -0.383 e. The topological polar surface area (TPSA) is 61.0 Å². The van der Waals surface area contributed by atoms with Crippen LogP contribution in [0.3, 0.4) is 0 Å². The Kier molecular flexibility index (Phi) is 3.68. The third-order valence-electron chi connectivity index (χ3n) is 3.39. The summed E-state index contributed by atoms with van der Waals surface area (Å²) in [6, 6.07) is 0. The number of rotatable bonds is 4. The van der Waals surface area contributed by atoms with Gasteiger partial charge in [-0.05, 0) is 41.6 Å². The number of nitrogens with zero attached hydrogens (tertiary/aromatic N) is 2. The van der Waals surface area contributed by atoms with Gasteiger partial charge in [0.2, 0.25) is 0 Å². The van der Waals surface area contributed by atoms with Crippen LogP contribution < -0.4 is 5.73 Å². The van der Waals surface area contributed by atoms with Gasteiger partial charge in [0.25, 0.3) is 0 Å². The average molecular weight is 300 g/mol. The lowest BCUT2D eigenvalue weighted by atomic mass is 9.79. The molecule has 1 aliphatic rings.